The van der Waals surface area contributed by atoms with Gasteiger partial charge in [-0.25, -0.2) is 0 Å². The molecule has 6 heteroatoms. The molecule has 2 atom stereocenters. The second-order valence-corrected chi connectivity index (χ2v) is 6.86. The van der Waals surface area contributed by atoms with Crippen LogP contribution in [0.2, 0.25) is 0 Å². The molecular formula is C19H29N3O3. The van der Waals surface area contributed by atoms with Crippen molar-refractivity contribution in [1.82, 2.24) is 15.5 Å². The number of likely N-dealkylation sites (N-methyl/N-ethyl adjacent to an activating group) is 1. The second kappa shape index (κ2) is 9.42. The average Bonchev–Trinajstić information content (AvgIpc) is 2.98. The number of ether oxygens (including phenoxy) is 1. The van der Waals surface area contributed by atoms with Crippen molar-refractivity contribution in [2.75, 3.05) is 33.3 Å². The Hall–Kier alpha value is -2.08. The van der Waals surface area contributed by atoms with Crippen molar-refractivity contribution in [3.63, 3.8) is 0 Å². The normalized spacial score (nSPS) is 20.5. The van der Waals surface area contributed by atoms with E-state index in [4.69, 9.17) is 4.74 Å². The minimum atomic E-state index is -0.00614. The summed E-state index contributed by atoms with van der Waals surface area (Å²) in [6, 6.07) is 9.57. The number of para-hydroxylation sites is 1. The summed E-state index contributed by atoms with van der Waals surface area (Å²) in [5.74, 6) is 1.57. The van der Waals surface area contributed by atoms with E-state index in [9.17, 15) is 9.59 Å². The van der Waals surface area contributed by atoms with Crippen molar-refractivity contribution in [2.24, 2.45) is 11.8 Å². The quantitative estimate of drug-likeness (QED) is 0.743. The van der Waals surface area contributed by atoms with Crippen LogP contribution in [0.25, 0.3) is 0 Å². The van der Waals surface area contributed by atoms with Crippen LogP contribution in [0.3, 0.4) is 0 Å². The second-order valence-electron chi connectivity index (χ2n) is 6.86. The number of amides is 2. The van der Waals surface area contributed by atoms with Crippen molar-refractivity contribution in [3.8, 4) is 5.75 Å². The summed E-state index contributed by atoms with van der Waals surface area (Å²) in [6.45, 7) is 6.59. The molecule has 0 bridgehead atoms. The Labute approximate surface area is 149 Å². The molecule has 0 aromatic heterocycles. The highest BCUT2D eigenvalue weighted by molar-refractivity contribution is 5.78. The standard InChI is InChI=1S/C19H29N3O3/c1-14(2)16-11-22(13-19(24)20-3)12-17(16)21-18(23)9-10-25-15-7-5-4-6-8-15/h4-8,14,16-17H,9-13H2,1-3H3,(H,20,24)(H,21,23)/t16-,17+/m1/s1. The summed E-state index contributed by atoms with van der Waals surface area (Å²) < 4.78 is 5.58. The molecule has 1 aliphatic rings. The largest absolute Gasteiger partial charge is 0.493 e. The fourth-order valence-corrected chi connectivity index (χ4v) is 3.21. The maximum absolute atomic E-state index is 12.3. The van der Waals surface area contributed by atoms with Gasteiger partial charge in [-0.2, -0.15) is 0 Å². The zero-order chi connectivity index (χ0) is 18.2. The summed E-state index contributed by atoms with van der Waals surface area (Å²) in [6.07, 6.45) is 0.325. The average molecular weight is 347 g/mol. The van der Waals surface area contributed by atoms with Gasteiger partial charge in [0.1, 0.15) is 5.75 Å². The van der Waals surface area contributed by atoms with Crippen molar-refractivity contribution in [3.05, 3.63) is 30.3 Å². The molecule has 0 radical (unpaired) electrons. The molecule has 6 nitrogen and oxygen atoms in total. The number of hydrogen-bond acceptors (Lipinski definition) is 4. The van der Waals surface area contributed by atoms with Crippen LogP contribution in [0.1, 0.15) is 20.3 Å². The Bertz CT molecular complexity index is 562. The molecule has 2 N–H and O–H groups in total. The predicted molar refractivity (Wildman–Crippen MR) is 97.3 cm³/mol. The Balaban J connectivity index is 1.80. The number of hydrogen-bond donors (Lipinski definition) is 2. The highest BCUT2D eigenvalue weighted by atomic mass is 16.5. The molecule has 1 fully saturated rings. The monoisotopic (exact) mass is 347 g/mol. The van der Waals surface area contributed by atoms with Crippen molar-refractivity contribution < 1.29 is 14.3 Å². The number of carbonyl (C=O) groups is 2. The van der Waals surface area contributed by atoms with Gasteiger partial charge in [-0.3, -0.25) is 14.5 Å². The topological polar surface area (TPSA) is 70.7 Å². The van der Waals surface area contributed by atoms with Crippen LogP contribution in [-0.2, 0) is 9.59 Å². The van der Waals surface area contributed by atoms with Crippen molar-refractivity contribution >= 4 is 11.8 Å². The number of benzene rings is 1. The van der Waals surface area contributed by atoms with E-state index in [1.807, 2.05) is 30.3 Å². The molecule has 1 aromatic rings. The number of carbonyl (C=O) groups excluding carboxylic acids is 2. The Morgan fingerprint density at radius 2 is 1.92 bits per heavy atom. The minimum absolute atomic E-state index is 0.00532. The van der Waals surface area contributed by atoms with Crippen LogP contribution >= 0.6 is 0 Å². The van der Waals surface area contributed by atoms with E-state index in [1.165, 1.54) is 0 Å². The first-order valence-electron chi connectivity index (χ1n) is 8.89. The predicted octanol–water partition coefficient (Wildman–Crippen LogP) is 1.27. The molecule has 25 heavy (non-hydrogen) atoms. The van der Waals surface area contributed by atoms with Crippen molar-refractivity contribution in [2.45, 2.75) is 26.3 Å². The zero-order valence-electron chi connectivity index (χ0n) is 15.3. The van der Waals surface area contributed by atoms with Crippen LogP contribution in [0.5, 0.6) is 5.75 Å². The van der Waals surface area contributed by atoms with E-state index >= 15 is 0 Å². The first kappa shape index (κ1) is 19.2. The summed E-state index contributed by atoms with van der Waals surface area (Å²) in [4.78, 5) is 26.0. The summed E-state index contributed by atoms with van der Waals surface area (Å²) in [5, 5.41) is 5.78. The Kier molecular flexibility index (Phi) is 7.25. The van der Waals surface area contributed by atoms with E-state index in [2.05, 4.69) is 29.4 Å². The molecule has 0 unspecified atom stereocenters. The lowest BCUT2D eigenvalue weighted by Crippen LogP contribution is -2.42. The van der Waals surface area contributed by atoms with Crippen LogP contribution in [-0.4, -0.2) is 56.0 Å². The molecule has 0 saturated carbocycles. The van der Waals surface area contributed by atoms with Gasteiger partial charge in [0, 0.05) is 26.2 Å². The lowest BCUT2D eigenvalue weighted by molar-refractivity contribution is -0.122. The van der Waals surface area contributed by atoms with Gasteiger partial charge in [0.25, 0.3) is 0 Å². The fourth-order valence-electron chi connectivity index (χ4n) is 3.21. The Morgan fingerprint density at radius 1 is 1.20 bits per heavy atom. The molecule has 2 rings (SSSR count). The molecule has 1 aromatic carbocycles. The van der Waals surface area contributed by atoms with Gasteiger partial charge in [-0.1, -0.05) is 32.0 Å². The number of likely N-dealkylation sites (tertiary alicyclic amines) is 1. The van der Waals surface area contributed by atoms with E-state index in [0.717, 1.165) is 12.3 Å². The van der Waals surface area contributed by atoms with E-state index < -0.39 is 0 Å². The third-order valence-electron chi connectivity index (χ3n) is 4.63. The maximum Gasteiger partial charge on any atom is 0.233 e. The van der Waals surface area contributed by atoms with Gasteiger partial charge in [0.05, 0.1) is 19.6 Å². The first-order chi connectivity index (χ1) is 12.0. The summed E-state index contributed by atoms with van der Waals surface area (Å²) >= 11 is 0. The smallest absolute Gasteiger partial charge is 0.233 e. The van der Waals surface area contributed by atoms with Gasteiger partial charge < -0.3 is 15.4 Å². The maximum atomic E-state index is 12.3. The molecule has 0 aliphatic carbocycles. The molecule has 0 spiro atoms. The highest BCUT2D eigenvalue weighted by Gasteiger charge is 2.35. The van der Waals surface area contributed by atoms with Crippen LogP contribution in [0.4, 0.5) is 0 Å². The van der Waals surface area contributed by atoms with Crippen molar-refractivity contribution in [1.29, 1.82) is 0 Å². The molecule has 138 valence electrons. The number of rotatable bonds is 8. The lowest BCUT2D eigenvalue weighted by atomic mass is 9.91. The summed E-state index contributed by atoms with van der Waals surface area (Å²) in [5.41, 5.74) is 0. The molecule has 1 saturated heterocycles. The summed E-state index contributed by atoms with van der Waals surface area (Å²) in [7, 11) is 1.64. The zero-order valence-corrected chi connectivity index (χ0v) is 15.3. The van der Waals surface area contributed by atoms with Gasteiger partial charge in [-0.05, 0) is 24.0 Å². The van der Waals surface area contributed by atoms with E-state index in [0.29, 0.717) is 38.0 Å². The number of nitrogens with one attached hydrogen (secondary N) is 2. The molecule has 1 heterocycles. The third kappa shape index (κ3) is 6.05. The molecule has 1 aliphatic heterocycles. The van der Waals surface area contributed by atoms with E-state index in [1.54, 1.807) is 7.05 Å². The van der Waals surface area contributed by atoms with Crippen LogP contribution < -0.4 is 15.4 Å². The fraction of sp³-hybridized carbons (Fsp3) is 0.579. The highest BCUT2D eigenvalue weighted by Crippen LogP contribution is 2.24. The molecular weight excluding hydrogens is 318 g/mol. The molecule has 2 amide bonds. The SMILES string of the molecule is CNC(=O)CN1C[C@H](NC(=O)CCOc2ccccc2)[C@@H](C(C)C)C1. The van der Waals surface area contributed by atoms with Gasteiger partial charge in [-0.15, -0.1) is 0 Å². The Morgan fingerprint density at radius 3 is 2.56 bits per heavy atom. The van der Waals surface area contributed by atoms with Gasteiger partial charge >= 0.3 is 0 Å². The number of nitrogens with zero attached hydrogens (tertiary/aromatic N) is 1. The third-order valence-corrected chi connectivity index (χ3v) is 4.63. The minimum Gasteiger partial charge on any atom is -0.493 e. The van der Waals surface area contributed by atoms with Crippen LogP contribution in [0, 0.1) is 11.8 Å². The lowest BCUT2D eigenvalue weighted by Gasteiger charge is -2.23. The van der Waals surface area contributed by atoms with E-state index in [-0.39, 0.29) is 17.9 Å². The van der Waals surface area contributed by atoms with Crippen LogP contribution in [0.15, 0.2) is 30.3 Å². The van der Waals surface area contributed by atoms with Gasteiger partial charge in [0.15, 0.2) is 0 Å². The first-order valence-corrected chi connectivity index (χ1v) is 8.89. The van der Waals surface area contributed by atoms with Gasteiger partial charge in [0.2, 0.25) is 11.8 Å².